The molecule has 40 valence electrons. The third kappa shape index (κ3) is 380. The highest BCUT2D eigenvalue weighted by atomic mass is 79.9. The zero-order valence-electron chi connectivity index (χ0n) is 3.72. The van der Waals surface area contributed by atoms with Crippen LogP contribution < -0.4 is 17.0 Å². The molecule has 0 aliphatic heterocycles. The highest BCUT2D eigenvalue weighted by Crippen LogP contribution is 1.71. The van der Waals surface area contributed by atoms with Crippen LogP contribution in [-0.2, 0) is 0 Å². The molecule has 0 aliphatic carbocycles. The van der Waals surface area contributed by atoms with E-state index < -0.39 is 4.81 Å². The van der Waals surface area contributed by atoms with Crippen molar-refractivity contribution in [3.63, 3.8) is 0 Å². The molecule has 0 atom stereocenters. The summed E-state index contributed by atoms with van der Waals surface area (Å²) in [6, 6.07) is 0. The van der Waals surface area contributed by atoms with E-state index in [4.69, 9.17) is 10.4 Å². The summed E-state index contributed by atoms with van der Waals surface area (Å²) in [5.41, 5.74) is 0. The summed E-state index contributed by atoms with van der Waals surface area (Å²) >= 11 is 0. The second-order valence-corrected chi connectivity index (χ2v) is 1.34. The van der Waals surface area contributed by atoms with Gasteiger partial charge in [-0.25, -0.2) is 0 Å². The fourth-order valence-electron chi connectivity index (χ4n) is 0. The third-order valence-corrected chi connectivity index (χ3v) is 0. The lowest BCUT2D eigenvalue weighted by molar-refractivity contribution is -1.22. The Bertz CT molecular complexity index is 27.0. The molecular weight excluding hydrogens is 150 g/mol. The zero-order chi connectivity index (χ0) is 4.50. The summed E-state index contributed by atoms with van der Waals surface area (Å²) in [6.07, 6.45) is 0. The van der Waals surface area contributed by atoms with Crippen LogP contribution >= 0.6 is 0 Å². The van der Waals surface area contributed by atoms with Crippen LogP contribution in [0.5, 0.6) is 0 Å². The Hall–Kier alpha value is 0.360. The van der Waals surface area contributed by atoms with E-state index >= 15 is 0 Å². The Balaban J connectivity index is 0. The molecule has 0 aliphatic rings. The van der Waals surface area contributed by atoms with Gasteiger partial charge in [0.2, 0.25) is 0 Å². The van der Waals surface area contributed by atoms with E-state index in [1.165, 1.54) is 14.1 Å². The summed E-state index contributed by atoms with van der Waals surface area (Å²) in [6.45, 7) is 0. The minimum atomic E-state index is -1.00. The molecule has 0 rings (SSSR count). The highest BCUT2D eigenvalue weighted by molar-refractivity contribution is 3.54. The molecule has 0 spiro atoms. The Kier molecular flexibility index (Phi) is 4.04. The maximum atomic E-state index is 8.01. The first kappa shape index (κ1) is 9.61. The van der Waals surface area contributed by atoms with E-state index in [2.05, 4.69) is 0 Å². The predicted molar refractivity (Wildman–Crippen MR) is 15.7 cm³/mol. The average Bonchev–Trinajstić information content (AvgIpc) is 0.722. The highest BCUT2D eigenvalue weighted by Gasteiger charge is 1.97. The lowest BCUT2D eigenvalue weighted by Gasteiger charge is -2.04. The number of hydrogen-bond acceptors (Lipinski definition) is 2. The van der Waals surface area contributed by atoms with Crippen molar-refractivity contribution in [2.24, 2.45) is 0 Å². The number of rotatable bonds is 0. The topological polar surface area (TPSA) is 40.5 Å². The average molecular weight is 158 g/mol. The summed E-state index contributed by atoms with van der Waals surface area (Å²) in [5.74, 6) is 0. The number of quaternary nitrogens is 1. The van der Waals surface area contributed by atoms with Gasteiger partial charge >= 0.3 is 0 Å². The SMILES string of the molecule is C[N+](C)(O)O.[Br-]. The van der Waals surface area contributed by atoms with Crippen LogP contribution in [-0.4, -0.2) is 29.3 Å². The Morgan fingerprint density at radius 1 is 1.17 bits per heavy atom. The monoisotopic (exact) mass is 157 g/mol. The van der Waals surface area contributed by atoms with Gasteiger partial charge in [0, 0.05) is 0 Å². The van der Waals surface area contributed by atoms with Gasteiger partial charge in [0.15, 0.2) is 0 Å². The van der Waals surface area contributed by atoms with E-state index in [0.29, 0.717) is 0 Å². The fourth-order valence-corrected chi connectivity index (χ4v) is 0. The predicted octanol–water partition coefficient (Wildman–Crippen LogP) is -3.15. The standard InChI is InChI=1S/C2H8NO2.BrH/c1-3(2,4)5;/h4-5H,1-2H3;1H/q+1;/p-1. The van der Waals surface area contributed by atoms with Crippen molar-refractivity contribution in [3.8, 4) is 0 Å². The van der Waals surface area contributed by atoms with Gasteiger partial charge in [-0.15, -0.1) is 0 Å². The lowest BCUT2D eigenvalue weighted by Crippen LogP contribution is -3.00. The maximum absolute atomic E-state index is 8.01. The second kappa shape index (κ2) is 2.52. The number of halogens is 1. The van der Waals surface area contributed by atoms with Crippen LogP contribution in [0.1, 0.15) is 0 Å². The fraction of sp³-hybridized carbons (Fsp3) is 1.00. The third-order valence-electron chi connectivity index (χ3n) is 0. The van der Waals surface area contributed by atoms with Gasteiger partial charge in [0.25, 0.3) is 0 Å². The number of hydrogen-bond donors (Lipinski definition) is 2. The van der Waals surface area contributed by atoms with Gasteiger partial charge in [-0.2, -0.15) is 10.4 Å². The quantitative estimate of drug-likeness (QED) is 0.288. The molecular formula is C2H8BrNO2. The minimum Gasteiger partial charge on any atom is -1.00 e. The summed E-state index contributed by atoms with van der Waals surface area (Å²) in [7, 11) is 2.47. The largest absolute Gasteiger partial charge is 1.00 e. The van der Waals surface area contributed by atoms with Crippen molar-refractivity contribution in [3.05, 3.63) is 0 Å². The molecule has 0 fully saturated rings. The molecule has 0 saturated heterocycles. The van der Waals surface area contributed by atoms with Gasteiger partial charge in [0.05, 0.1) is 0 Å². The molecule has 0 aromatic carbocycles. The molecule has 0 saturated carbocycles. The number of hydroxylamine groups is 4. The zero-order valence-corrected chi connectivity index (χ0v) is 5.31. The van der Waals surface area contributed by atoms with Crippen molar-refractivity contribution in [1.82, 2.24) is 0 Å². The number of nitrogens with zero attached hydrogens (tertiary/aromatic N) is 1. The smallest absolute Gasteiger partial charge is 0.131 e. The van der Waals surface area contributed by atoms with Gasteiger partial charge in [-0.1, -0.05) is 4.81 Å². The molecule has 0 aromatic rings. The second-order valence-electron chi connectivity index (χ2n) is 1.34. The van der Waals surface area contributed by atoms with Crippen molar-refractivity contribution >= 4 is 0 Å². The van der Waals surface area contributed by atoms with E-state index in [1.54, 1.807) is 0 Å². The van der Waals surface area contributed by atoms with Crippen LogP contribution in [0.15, 0.2) is 0 Å². The molecule has 4 heteroatoms. The molecule has 0 heterocycles. The molecule has 6 heavy (non-hydrogen) atoms. The molecule has 0 unspecified atom stereocenters. The normalized spacial score (nSPS) is 10.0. The molecule has 0 radical (unpaired) electrons. The molecule has 0 amide bonds. The van der Waals surface area contributed by atoms with E-state index in [9.17, 15) is 0 Å². The molecule has 0 bridgehead atoms. The summed E-state index contributed by atoms with van der Waals surface area (Å²) in [5, 5.41) is 16.0. The summed E-state index contributed by atoms with van der Waals surface area (Å²) < 4.78 is 0. The maximum Gasteiger partial charge on any atom is 0.131 e. The first-order valence-electron chi connectivity index (χ1n) is 1.29. The van der Waals surface area contributed by atoms with Gasteiger partial charge in [-0.3, -0.25) is 0 Å². The van der Waals surface area contributed by atoms with Crippen LogP contribution in [0.25, 0.3) is 0 Å². The molecule has 0 aromatic heterocycles. The van der Waals surface area contributed by atoms with E-state index in [0.717, 1.165) is 0 Å². The van der Waals surface area contributed by atoms with Crippen molar-refractivity contribution in [1.29, 1.82) is 0 Å². The van der Waals surface area contributed by atoms with Crippen molar-refractivity contribution in [2.75, 3.05) is 14.1 Å². The van der Waals surface area contributed by atoms with Crippen molar-refractivity contribution < 1.29 is 32.2 Å². The molecule has 3 nitrogen and oxygen atoms in total. The van der Waals surface area contributed by atoms with E-state index in [-0.39, 0.29) is 17.0 Å². The Morgan fingerprint density at radius 2 is 1.17 bits per heavy atom. The van der Waals surface area contributed by atoms with Gasteiger partial charge in [-0.05, 0) is 0 Å². The Morgan fingerprint density at radius 3 is 1.17 bits per heavy atom. The van der Waals surface area contributed by atoms with Crippen LogP contribution in [0.3, 0.4) is 0 Å². The lowest BCUT2D eigenvalue weighted by atomic mass is 11.2. The van der Waals surface area contributed by atoms with E-state index in [1.807, 2.05) is 0 Å². The van der Waals surface area contributed by atoms with Crippen molar-refractivity contribution in [2.45, 2.75) is 0 Å². The first-order chi connectivity index (χ1) is 2.00. The Labute approximate surface area is 47.1 Å². The first-order valence-corrected chi connectivity index (χ1v) is 1.29. The minimum absolute atomic E-state index is 0. The van der Waals surface area contributed by atoms with Crippen LogP contribution in [0, 0.1) is 0 Å². The van der Waals surface area contributed by atoms with Crippen LogP contribution in [0.2, 0.25) is 0 Å². The molecule has 2 N–H and O–H groups in total. The van der Waals surface area contributed by atoms with Gasteiger partial charge < -0.3 is 17.0 Å². The summed E-state index contributed by atoms with van der Waals surface area (Å²) in [4.78, 5) is -1.00. The van der Waals surface area contributed by atoms with Gasteiger partial charge in [0.1, 0.15) is 14.1 Å². The van der Waals surface area contributed by atoms with Crippen LogP contribution in [0.4, 0.5) is 0 Å².